The number of hydrogen-bond acceptors (Lipinski definition) is 6. The summed E-state index contributed by atoms with van der Waals surface area (Å²) in [6.07, 6.45) is 3.82. The lowest BCUT2D eigenvalue weighted by molar-refractivity contribution is 0.0590. The average molecular weight is 407 g/mol. The summed E-state index contributed by atoms with van der Waals surface area (Å²) in [6.45, 7) is 6.09. The summed E-state index contributed by atoms with van der Waals surface area (Å²) in [5.41, 5.74) is 2.64. The van der Waals surface area contributed by atoms with Crippen molar-refractivity contribution in [2.75, 3.05) is 24.5 Å². The molecule has 0 spiro atoms. The summed E-state index contributed by atoms with van der Waals surface area (Å²) >= 11 is 0. The predicted molar refractivity (Wildman–Crippen MR) is 109 cm³/mol. The molecule has 1 amide bonds. The molecule has 3 aromatic rings. The maximum absolute atomic E-state index is 13.9. The molecular weight excluding hydrogens is 385 g/mol. The summed E-state index contributed by atoms with van der Waals surface area (Å²) in [7, 11) is 0. The maximum atomic E-state index is 13.9. The van der Waals surface area contributed by atoms with Crippen molar-refractivity contribution >= 4 is 11.9 Å². The van der Waals surface area contributed by atoms with Gasteiger partial charge in [0.05, 0.1) is 23.4 Å². The maximum Gasteiger partial charge on any atom is 0.254 e. The van der Waals surface area contributed by atoms with Crippen molar-refractivity contribution in [3.63, 3.8) is 0 Å². The largest absolute Gasteiger partial charge is 0.445 e. The summed E-state index contributed by atoms with van der Waals surface area (Å²) in [6, 6.07) is 6.25. The van der Waals surface area contributed by atoms with E-state index < -0.39 is 5.82 Å². The molecule has 154 valence electrons. The first-order chi connectivity index (χ1) is 14.5. The molecule has 0 aliphatic carbocycles. The summed E-state index contributed by atoms with van der Waals surface area (Å²) in [5.74, 6) is 0.912. The highest BCUT2D eigenvalue weighted by Gasteiger charge is 2.45. The number of carbonyl (C=O) groups excluding carboxylic acids is 1. The molecular formula is C22H22FN5O2. The van der Waals surface area contributed by atoms with Crippen molar-refractivity contribution in [3.8, 4) is 11.5 Å². The number of hydrogen-bond donors (Lipinski definition) is 0. The van der Waals surface area contributed by atoms with Crippen molar-refractivity contribution in [3.05, 3.63) is 59.5 Å². The van der Waals surface area contributed by atoms with Crippen LogP contribution in [0.2, 0.25) is 0 Å². The molecule has 2 saturated heterocycles. The monoisotopic (exact) mass is 407 g/mol. The van der Waals surface area contributed by atoms with Gasteiger partial charge < -0.3 is 14.2 Å². The fraction of sp³-hybridized carbons (Fsp3) is 0.364. The van der Waals surface area contributed by atoms with E-state index in [1.54, 1.807) is 0 Å². The highest BCUT2D eigenvalue weighted by molar-refractivity contribution is 6.00. The number of aryl methyl sites for hydroxylation is 2. The molecule has 2 atom stereocenters. The number of oxazole rings is 1. The van der Waals surface area contributed by atoms with E-state index >= 15 is 0 Å². The molecule has 0 saturated carbocycles. The number of nitrogens with zero attached hydrogens (tertiary/aromatic N) is 5. The van der Waals surface area contributed by atoms with E-state index in [-0.39, 0.29) is 17.8 Å². The van der Waals surface area contributed by atoms with Gasteiger partial charge >= 0.3 is 0 Å². The third kappa shape index (κ3) is 3.22. The van der Waals surface area contributed by atoms with Crippen LogP contribution in [0.25, 0.3) is 11.5 Å². The zero-order chi connectivity index (χ0) is 20.8. The third-order valence-electron chi connectivity index (χ3n) is 5.94. The van der Waals surface area contributed by atoms with Crippen LogP contribution in [0.15, 0.2) is 41.1 Å². The normalized spacial score (nSPS) is 20.6. The molecule has 2 aromatic heterocycles. The molecule has 0 radical (unpaired) electrons. The molecule has 0 unspecified atom stereocenters. The van der Waals surface area contributed by atoms with Crippen molar-refractivity contribution < 1.29 is 13.6 Å². The lowest BCUT2D eigenvalue weighted by Crippen LogP contribution is -2.65. The van der Waals surface area contributed by atoms with E-state index in [0.717, 1.165) is 30.3 Å². The van der Waals surface area contributed by atoms with Gasteiger partial charge in [-0.05, 0) is 44.5 Å². The molecule has 30 heavy (non-hydrogen) atoms. The molecule has 1 aromatic carbocycles. The summed E-state index contributed by atoms with van der Waals surface area (Å²) in [4.78, 5) is 30.6. The molecule has 0 bridgehead atoms. The molecule has 7 nitrogen and oxygen atoms in total. The van der Waals surface area contributed by atoms with Gasteiger partial charge in [-0.2, -0.15) is 0 Å². The quantitative estimate of drug-likeness (QED) is 0.664. The van der Waals surface area contributed by atoms with Gasteiger partial charge in [-0.25, -0.2) is 19.3 Å². The minimum atomic E-state index is -0.435. The van der Waals surface area contributed by atoms with Crippen molar-refractivity contribution in [2.24, 2.45) is 5.92 Å². The first kappa shape index (κ1) is 18.7. The van der Waals surface area contributed by atoms with Crippen LogP contribution in [0.5, 0.6) is 0 Å². The Bertz CT molecular complexity index is 1080. The second kappa shape index (κ2) is 7.19. The van der Waals surface area contributed by atoms with Gasteiger partial charge in [-0.1, -0.05) is 0 Å². The van der Waals surface area contributed by atoms with Crippen molar-refractivity contribution in [1.29, 1.82) is 0 Å². The molecule has 4 heterocycles. The number of aromatic nitrogens is 3. The minimum Gasteiger partial charge on any atom is -0.445 e. The topological polar surface area (TPSA) is 75.4 Å². The molecule has 5 rings (SSSR count). The highest BCUT2D eigenvalue weighted by atomic mass is 19.1. The van der Waals surface area contributed by atoms with Crippen LogP contribution in [0.4, 0.5) is 10.3 Å². The van der Waals surface area contributed by atoms with Gasteiger partial charge in [0, 0.05) is 36.9 Å². The Hall–Kier alpha value is -3.29. The second-order valence-corrected chi connectivity index (χ2v) is 8.00. The number of anilines is 1. The van der Waals surface area contributed by atoms with E-state index in [9.17, 15) is 9.18 Å². The first-order valence-electron chi connectivity index (χ1n) is 10.1. The van der Waals surface area contributed by atoms with Gasteiger partial charge in [0.15, 0.2) is 0 Å². The second-order valence-electron chi connectivity index (χ2n) is 8.00. The smallest absolute Gasteiger partial charge is 0.254 e. The lowest BCUT2D eigenvalue weighted by atomic mass is 9.82. The van der Waals surface area contributed by atoms with Gasteiger partial charge in [-0.15, -0.1) is 0 Å². The fourth-order valence-corrected chi connectivity index (χ4v) is 4.45. The van der Waals surface area contributed by atoms with Gasteiger partial charge in [-0.3, -0.25) is 4.79 Å². The number of fused-ring (bicyclic) bond motifs is 1. The van der Waals surface area contributed by atoms with Gasteiger partial charge in [0.25, 0.3) is 5.91 Å². The zero-order valence-corrected chi connectivity index (χ0v) is 16.9. The molecule has 2 aliphatic heterocycles. The standard InChI is InChI=1S/C22H22FN5O2/c1-13-9-14(2)26-22(25-13)28-11-15-5-7-27(12-19(15)28)21(29)17-4-3-16(23)10-18(17)20-24-6-8-30-20/h3-4,6,8-10,15,19H,5,7,11-12H2,1-2H3/t15-,19-/m0/s1. The van der Waals surface area contributed by atoms with Crippen LogP contribution >= 0.6 is 0 Å². The fourth-order valence-electron chi connectivity index (χ4n) is 4.45. The Balaban J connectivity index is 1.39. The Morgan fingerprint density at radius 1 is 1.17 bits per heavy atom. The number of halogens is 1. The number of carbonyl (C=O) groups is 1. The van der Waals surface area contributed by atoms with Crippen LogP contribution in [-0.4, -0.2) is 51.4 Å². The van der Waals surface area contributed by atoms with Crippen molar-refractivity contribution in [2.45, 2.75) is 26.3 Å². The summed E-state index contributed by atoms with van der Waals surface area (Å²) < 4.78 is 19.2. The Morgan fingerprint density at radius 2 is 1.97 bits per heavy atom. The first-order valence-corrected chi connectivity index (χ1v) is 10.1. The van der Waals surface area contributed by atoms with E-state index in [1.807, 2.05) is 24.8 Å². The molecule has 0 N–H and O–H groups in total. The number of benzene rings is 1. The Morgan fingerprint density at radius 3 is 2.70 bits per heavy atom. The van der Waals surface area contributed by atoms with E-state index in [4.69, 9.17) is 4.42 Å². The molecule has 8 heteroatoms. The zero-order valence-electron chi connectivity index (χ0n) is 16.9. The van der Waals surface area contributed by atoms with Crippen LogP contribution in [0.3, 0.4) is 0 Å². The van der Waals surface area contributed by atoms with Crippen LogP contribution in [0, 0.1) is 25.6 Å². The van der Waals surface area contributed by atoms with Crippen LogP contribution in [-0.2, 0) is 0 Å². The van der Waals surface area contributed by atoms with Crippen LogP contribution in [0.1, 0.15) is 28.2 Å². The van der Waals surface area contributed by atoms with Crippen molar-refractivity contribution in [1.82, 2.24) is 19.9 Å². The van der Waals surface area contributed by atoms with E-state index in [2.05, 4.69) is 19.9 Å². The Labute approximate surface area is 173 Å². The number of likely N-dealkylation sites (tertiary alicyclic amines) is 1. The lowest BCUT2D eigenvalue weighted by Gasteiger charge is -2.53. The van der Waals surface area contributed by atoms with Crippen LogP contribution < -0.4 is 4.90 Å². The highest BCUT2D eigenvalue weighted by Crippen LogP contribution is 2.36. The van der Waals surface area contributed by atoms with Gasteiger partial charge in [0.1, 0.15) is 12.1 Å². The average Bonchev–Trinajstić information content (AvgIpc) is 3.22. The Kier molecular flexibility index (Phi) is 4.49. The molecule has 2 aliphatic rings. The van der Waals surface area contributed by atoms with E-state index in [0.29, 0.717) is 30.1 Å². The summed E-state index contributed by atoms with van der Waals surface area (Å²) in [5, 5.41) is 0. The van der Waals surface area contributed by atoms with Gasteiger partial charge in [0.2, 0.25) is 11.8 Å². The predicted octanol–water partition coefficient (Wildman–Crippen LogP) is 3.24. The molecule has 2 fully saturated rings. The number of amides is 1. The minimum absolute atomic E-state index is 0.144. The number of piperidine rings is 1. The van der Waals surface area contributed by atoms with E-state index in [1.165, 1.54) is 30.7 Å². The number of rotatable bonds is 3. The third-order valence-corrected chi connectivity index (χ3v) is 5.94. The SMILES string of the molecule is Cc1cc(C)nc(N2C[C@@H]3CCN(C(=O)c4ccc(F)cc4-c4ncco4)C[C@@H]32)n1.